The summed E-state index contributed by atoms with van der Waals surface area (Å²) >= 11 is 0. The van der Waals surface area contributed by atoms with Gasteiger partial charge in [0.1, 0.15) is 0 Å². The molecule has 3 aliphatic rings. The van der Waals surface area contributed by atoms with Crippen molar-refractivity contribution >= 4 is 0 Å². The van der Waals surface area contributed by atoms with Crippen LogP contribution in [-0.2, 0) is 0 Å². The molecular formula is C27H39Ce. The molecule has 0 fully saturated rings. The predicted molar refractivity (Wildman–Crippen MR) is 120 cm³/mol. The minimum atomic E-state index is 0. The SMILES string of the molecule is CCCCC1=[C-]CC=C1.CCCCC1=[C-]CC=C1.CCCCC1=[C-]CC=C1.[Ce+3]. The average Bonchev–Trinajstić information content (AvgIpc) is 3.47. The van der Waals surface area contributed by atoms with Crippen molar-refractivity contribution in [1.29, 1.82) is 0 Å². The standard InChI is InChI=1S/3C9H13.Ce/c3*1-2-3-6-9-7-4-5-8-9;/h3*4,7H,2-3,5-6H2,1H3;/q3*-1;+3. The monoisotopic (exact) mass is 503 g/mol. The molecule has 0 aromatic heterocycles. The minimum Gasteiger partial charge on any atom is -0.269 e. The number of allylic oxidation sites excluding steroid dienone is 12. The van der Waals surface area contributed by atoms with Gasteiger partial charge in [-0.2, -0.15) is 18.2 Å². The van der Waals surface area contributed by atoms with Crippen LogP contribution in [-0.4, -0.2) is 0 Å². The molecule has 3 rings (SSSR count). The molecule has 3 aliphatic carbocycles. The molecule has 28 heavy (non-hydrogen) atoms. The maximum Gasteiger partial charge on any atom is 3.00 e. The van der Waals surface area contributed by atoms with Gasteiger partial charge in [0, 0.05) is 0 Å². The van der Waals surface area contributed by atoms with Crippen LogP contribution in [0.4, 0.5) is 0 Å². The molecule has 0 amide bonds. The van der Waals surface area contributed by atoms with Gasteiger partial charge in [-0.25, -0.2) is 34.9 Å². The molecule has 151 valence electrons. The first-order chi connectivity index (χ1) is 13.3. The third-order valence-corrected chi connectivity index (χ3v) is 4.70. The van der Waals surface area contributed by atoms with Gasteiger partial charge in [0.05, 0.1) is 0 Å². The third kappa shape index (κ3) is 14.8. The van der Waals surface area contributed by atoms with Crippen molar-refractivity contribution in [3.8, 4) is 0 Å². The van der Waals surface area contributed by atoms with Crippen LogP contribution in [0.1, 0.15) is 97.8 Å². The Kier molecular flexibility index (Phi) is 20.0. The summed E-state index contributed by atoms with van der Waals surface area (Å²) in [4.78, 5) is 0. The van der Waals surface area contributed by atoms with E-state index in [4.69, 9.17) is 0 Å². The van der Waals surface area contributed by atoms with Gasteiger partial charge in [-0.05, 0) is 0 Å². The fraction of sp³-hybridized carbons (Fsp3) is 0.556. The van der Waals surface area contributed by atoms with Crippen LogP contribution < -0.4 is 0 Å². The summed E-state index contributed by atoms with van der Waals surface area (Å²) in [6, 6.07) is 0. The molecule has 0 heterocycles. The van der Waals surface area contributed by atoms with Gasteiger partial charge in [-0.1, -0.05) is 78.6 Å². The number of rotatable bonds is 9. The first kappa shape index (κ1) is 27.8. The molecule has 0 aromatic carbocycles. The van der Waals surface area contributed by atoms with Crippen molar-refractivity contribution in [1.82, 2.24) is 0 Å². The molecule has 0 atom stereocenters. The quantitative estimate of drug-likeness (QED) is 0.276. The summed E-state index contributed by atoms with van der Waals surface area (Å²) in [6.45, 7) is 6.66. The van der Waals surface area contributed by atoms with Gasteiger partial charge in [-0.15, -0.1) is 19.3 Å². The molecule has 0 aliphatic heterocycles. The third-order valence-electron chi connectivity index (χ3n) is 4.70. The predicted octanol–water partition coefficient (Wildman–Crippen LogP) is 8.60. The van der Waals surface area contributed by atoms with E-state index in [1.807, 2.05) is 0 Å². The van der Waals surface area contributed by atoms with Crippen molar-refractivity contribution < 1.29 is 41.7 Å². The maximum atomic E-state index is 3.30. The van der Waals surface area contributed by atoms with Crippen molar-refractivity contribution in [2.45, 2.75) is 97.8 Å². The molecule has 1 heteroatoms. The Morgan fingerprint density at radius 2 is 0.857 bits per heavy atom. The Balaban J connectivity index is 0.000000384. The Morgan fingerprint density at radius 1 is 0.571 bits per heavy atom. The summed E-state index contributed by atoms with van der Waals surface area (Å²) in [5.74, 6) is 0. The molecule has 0 aromatic rings. The largest absolute Gasteiger partial charge is 3.00 e. The second-order valence-electron chi connectivity index (χ2n) is 7.24. The van der Waals surface area contributed by atoms with Gasteiger partial charge in [0.2, 0.25) is 0 Å². The van der Waals surface area contributed by atoms with Crippen molar-refractivity contribution in [3.05, 3.63) is 71.4 Å². The van der Waals surface area contributed by atoms with E-state index in [1.165, 1.54) is 74.5 Å². The molecule has 0 bridgehead atoms. The van der Waals surface area contributed by atoms with E-state index in [1.54, 1.807) is 0 Å². The normalized spacial score (nSPS) is 15.8. The Bertz CT molecular complexity index is 474. The van der Waals surface area contributed by atoms with Gasteiger partial charge in [0.25, 0.3) is 0 Å². The molecule has 0 saturated heterocycles. The van der Waals surface area contributed by atoms with E-state index in [0.29, 0.717) is 0 Å². The van der Waals surface area contributed by atoms with Crippen molar-refractivity contribution in [3.63, 3.8) is 0 Å². The smallest absolute Gasteiger partial charge is 0.269 e. The van der Waals surface area contributed by atoms with Crippen molar-refractivity contribution in [2.75, 3.05) is 0 Å². The summed E-state index contributed by atoms with van der Waals surface area (Å²) in [6.07, 6.45) is 37.6. The fourth-order valence-electron chi connectivity index (χ4n) is 2.97. The minimum absolute atomic E-state index is 0. The van der Waals surface area contributed by atoms with Crippen LogP contribution in [0.5, 0.6) is 0 Å². The first-order valence-electron chi connectivity index (χ1n) is 11.1. The van der Waals surface area contributed by atoms with E-state index in [-0.39, 0.29) is 41.7 Å². The zero-order valence-electron chi connectivity index (χ0n) is 18.4. The number of unbranched alkanes of at least 4 members (excludes halogenated alkanes) is 3. The Morgan fingerprint density at radius 3 is 1.04 bits per heavy atom. The summed E-state index contributed by atoms with van der Waals surface area (Å²) < 4.78 is 0. The van der Waals surface area contributed by atoms with Crippen LogP contribution >= 0.6 is 0 Å². The Hall–Kier alpha value is -0.183. The van der Waals surface area contributed by atoms with Crippen LogP contribution in [0.15, 0.2) is 53.2 Å². The summed E-state index contributed by atoms with van der Waals surface area (Å²) in [5.41, 5.74) is 4.24. The van der Waals surface area contributed by atoms with Crippen LogP contribution in [0.3, 0.4) is 0 Å². The summed E-state index contributed by atoms with van der Waals surface area (Å²) in [7, 11) is 0. The number of hydrogen-bond donors (Lipinski definition) is 0. The van der Waals surface area contributed by atoms with Crippen LogP contribution in [0, 0.1) is 60.0 Å². The molecule has 1 radical (unpaired) electrons. The van der Waals surface area contributed by atoms with Gasteiger partial charge in [-0.3, -0.25) is 18.2 Å². The maximum absolute atomic E-state index is 3.30. The van der Waals surface area contributed by atoms with E-state index >= 15 is 0 Å². The zero-order valence-corrected chi connectivity index (χ0v) is 21.6. The number of hydrogen-bond acceptors (Lipinski definition) is 0. The van der Waals surface area contributed by atoms with E-state index in [9.17, 15) is 0 Å². The molecular weight excluding hydrogens is 464 g/mol. The molecule has 0 saturated carbocycles. The van der Waals surface area contributed by atoms with E-state index in [2.05, 4.69) is 75.5 Å². The zero-order chi connectivity index (χ0) is 19.6. The average molecular weight is 504 g/mol. The molecule has 0 N–H and O–H groups in total. The molecule has 0 spiro atoms. The van der Waals surface area contributed by atoms with Gasteiger partial charge >= 0.3 is 41.7 Å². The molecule has 0 nitrogen and oxygen atoms in total. The van der Waals surface area contributed by atoms with E-state index < -0.39 is 0 Å². The topological polar surface area (TPSA) is 0 Å². The fourth-order valence-corrected chi connectivity index (χ4v) is 2.97. The van der Waals surface area contributed by atoms with Crippen LogP contribution in [0.2, 0.25) is 0 Å². The first-order valence-corrected chi connectivity index (χ1v) is 11.1. The van der Waals surface area contributed by atoms with Crippen molar-refractivity contribution in [2.24, 2.45) is 0 Å². The molecule has 0 unspecified atom stereocenters. The van der Waals surface area contributed by atoms with Gasteiger partial charge in [0.15, 0.2) is 0 Å². The van der Waals surface area contributed by atoms with E-state index in [0.717, 1.165) is 19.3 Å². The Labute approximate surface area is 209 Å². The second kappa shape index (κ2) is 20.1. The second-order valence-corrected chi connectivity index (χ2v) is 7.24. The van der Waals surface area contributed by atoms with Crippen LogP contribution in [0.25, 0.3) is 0 Å². The summed E-state index contributed by atoms with van der Waals surface area (Å²) in [5, 5.41) is 0. The van der Waals surface area contributed by atoms with Gasteiger partial charge < -0.3 is 0 Å².